The monoisotopic (exact) mass is 346 g/mol. The smallest absolute Gasteiger partial charge is 0.343 e. The van der Waals surface area contributed by atoms with Crippen LogP contribution < -0.4 is 0 Å². The van der Waals surface area contributed by atoms with Gasteiger partial charge in [-0.15, -0.1) is 0 Å². The maximum atomic E-state index is 14.3. The second-order valence-electron chi connectivity index (χ2n) is 4.87. The quantitative estimate of drug-likeness (QED) is 0.119. The Morgan fingerprint density at radius 1 is 1.17 bits per heavy atom. The van der Waals surface area contributed by atoms with Crippen LogP contribution in [0.15, 0.2) is 11.8 Å². The molecule has 0 bridgehead atoms. The zero-order valence-corrected chi connectivity index (χ0v) is 13.1. The van der Waals surface area contributed by atoms with Crippen LogP contribution >= 0.6 is 0 Å². The van der Waals surface area contributed by atoms with Crippen molar-refractivity contribution in [3.05, 3.63) is 50.5 Å². The van der Waals surface area contributed by atoms with Gasteiger partial charge in [0.25, 0.3) is 0 Å². The first-order chi connectivity index (χ1) is 11.0. The van der Waals surface area contributed by atoms with E-state index in [1.165, 1.54) is 19.0 Å². The van der Waals surface area contributed by atoms with Crippen molar-refractivity contribution in [2.24, 2.45) is 0 Å². The predicted octanol–water partition coefficient (Wildman–Crippen LogP) is 2.12. The van der Waals surface area contributed by atoms with Gasteiger partial charge in [-0.2, -0.15) is 4.39 Å². The van der Waals surface area contributed by atoms with Gasteiger partial charge in [-0.3, -0.25) is 14.9 Å². The summed E-state index contributed by atoms with van der Waals surface area (Å²) in [6, 6.07) is 0. The highest BCUT2D eigenvalue weighted by Gasteiger charge is 2.37. The first kappa shape index (κ1) is 19.1. The molecule has 1 aromatic rings. The summed E-state index contributed by atoms with van der Waals surface area (Å²) >= 11 is 0. The van der Waals surface area contributed by atoms with Gasteiger partial charge in [-0.25, -0.2) is 13.6 Å². The number of nitrogens with zero attached hydrogens (tertiary/aromatic N) is 2. The number of hydrogen-bond donors (Lipinski definition) is 0. The Morgan fingerprint density at radius 2 is 1.71 bits per heavy atom. The highest BCUT2D eigenvalue weighted by molar-refractivity contribution is 6.25. The van der Waals surface area contributed by atoms with Crippen molar-refractivity contribution in [3.63, 3.8) is 0 Å². The van der Waals surface area contributed by atoms with E-state index in [1.807, 2.05) is 0 Å². The molecule has 0 saturated heterocycles. The lowest BCUT2D eigenvalue weighted by atomic mass is 9.98. The molecule has 1 rings (SSSR count). The van der Waals surface area contributed by atoms with Crippen molar-refractivity contribution in [2.45, 2.75) is 6.92 Å². The second kappa shape index (κ2) is 7.11. The molecular formula is C14H13F3N2O5. The third-order valence-corrected chi connectivity index (χ3v) is 2.96. The van der Waals surface area contributed by atoms with Crippen molar-refractivity contribution in [2.75, 3.05) is 21.2 Å². The molecule has 0 unspecified atom stereocenters. The Balaban J connectivity index is 3.80. The van der Waals surface area contributed by atoms with Gasteiger partial charge in [0.15, 0.2) is 5.82 Å². The Morgan fingerprint density at radius 3 is 2.12 bits per heavy atom. The molecule has 0 saturated carbocycles. The van der Waals surface area contributed by atoms with Crippen LogP contribution in [0.25, 0.3) is 0 Å². The molecule has 0 atom stereocenters. The minimum atomic E-state index is -1.99. The number of ether oxygens (including phenoxy) is 1. The highest BCUT2D eigenvalue weighted by atomic mass is 19.2. The van der Waals surface area contributed by atoms with Gasteiger partial charge in [0.1, 0.15) is 17.0 Å². The molecule has 0 aliphatic heterocycles. The minimum absolute atomic E-state index is 0.782. The number of hydrogen-bond acceptors (Lipinski definition) is 6. The van der Waals surface area contributed by atoms with Gasteiger partial charge in [-0.1, -0.05) is 0 Å². The maximum absolute atomic E-state index is 14.3. The van der Waals surface area contributed by atoms with Crippen LogP contribution in [0.5, 0.6) is 0 Å². The summed E-state index contributed by atoms with van der Waals surface area (Å²) in [5.74, 6) is -8.12. The average Bonchev–Trinajstić information content (AvgIpc) is 2.51. The molecule has 24 heavy (non-hydrogen) atoms. The van der Waals surface area contributed by atoms with Crippen LogP contribution in [0.2, 0.25) is 0 Å². The summed E-state index contributed by atoms with van der Waals surface area (Å²) in [7, 11) is 3.76. The number of nitro groups is 1. The number of benzene rings is 1. The molecule has 0 spiro atoms. The van der Waals surface area contributed by atoms with Crippen LogP contribution in [0.3, 0.4) is 0 Å². The lowest BCUT2D eigenvalue weighted by Crippen LogP contribution is -2.21. The van der Waals surface area contributed by atoms with Crippen LogP contribution in [0, 0.1) is 34.5 Å². The van der Waals surface area contributed by atoms with Gasteiger partial charge in [0.2, 0.25) is 11.6 Å². The van der Waals surface area contributed by atoms with Crippen molar-refractivity contribution >= 4 is 17.4 Å². The zero-order chi connectivity index (χ0) is 18.8. The number of ketones is 1. The topological polar surface area (TPSA) is 89.8 Å². The Bertz CT molecular complexity index is 760. The number of carbonyl (C=O) groups is 2. The first-order valence-corrected chi connectivity index (χ1v) is 6.37. The second-order valence-corrected chi connectivity index (χ2v) is 4.87. The van der Waals surface area contributed by atoms with Crippen molar-refractivity contribution in [1.29, 1.82) is 0 Å². The minimum Gasteiger partial charge on any atom is -0.465 e. The summed E-state index contributed by atoms with van der Waals surface area (Å²) in [5, 5.41) is 11.0. The van der Waals surface area contributed by atoms with Crippen LogP contribution in [-0.4, -0.2) is 42.8 Å². The summed E-state index contributed by atoms with van der Waals surface area (Å²) in [6.45, 7) is 0.807. The van der Waals surface area contributed by atoms with E-state index in [2.05, 4.69) is 4.74 Å². The largest absolute Gasteiger partial charge is 0.465 e. The normalized spacial score (nSPS) is 11.2. The van der Waals surface area contributed by atoms with E-state index < -0.39 is 56.5 Å². The molecule has 10 heteroatoms. The third-order valence-electron chi connectivity index (χ3n) is 2.96. The number of esters is 1. The number of halogens is 3. The van der Waals surface area contributed by atoms with Crippen LogP contribution in [0.1, 0.15) is 15.9 Å². The fourth-order valence-electron chi connectivity index (χ4n) is 1.85. The Kier molecular flexibility index (Phi) is 5.67. The van der Waals surface area contributed by atoms with E-state index >= 15 is 0 Å². The zero-order valence-electron chi connectivity index (χ0n) is 13.1. The summed E-state index contributed by atoms with van der Waals surface area (Å²) in [6.07, 6.45) is 0.925. The summed E-state index contributed by atoms with van der Waals surface area (Å²) in [5.41, 5.74) is -4.74. The van der Waals surface area contributed by atoms with Crippen molar-refractivity contribution in [3.8, 4) is 0 Å². The average molecular weight is 346 g/mol. The van der Waals surface area contributed by atoms with Crippen molar-refractivity contribution < 1.29 is 32.4 Å². The molecule has 7 nitrogen and oxygen atoms in total. The molecule has 0 heterocycles. The number of nitro benzene ring substituents is 1. The number of carbonyl (C=O) groups excluding carboxylic acids is 2. The number of methoxy groups -OCH3 is 1. The fourth-order valence-corrected chi connectivity index (χ4v) is 1.85. The summed E-state index contributed by atoms with van der Waals surface area (Å²) < 4.78 is 46.0. The maximum Gasteiger partial charge on any atom is 0.343 e. The molecule has 0 aliphatic carbocycles. The van der Waals surface area contributed by atoms with E-state index in [-0.39, 0.29) is 0 Å². The number of rotatable bonds is 5. The highest BCUT2D eigenvalue weighted by Crippen LogP contribution is 2.32. The van der Waals surface area contributed by atoms with E-state index in [4.69, 9.17) is 0 Å². The van der Waals surface area contributed by atoms with Crippen LogP contribution in [-0.2, 0) is 9.53 Å². The SMILES string of the molecule is COC(=O)/C(=C/N(C)C)C(=O)c1c(F)c(C)c(F)c(F)c1[N+](=O)[O-]. The predicted molar refractivity (Wildman–Crippen MR) is 75.8 cm³/mol. The van der Waals surface area contributed by atoms with E-state index in [0.29, 0.717) is 0 Å². The number of Topliss-reactive ketones (excluding diaryl/α,β-unsaturated/α-hetero) is 1. The van der Waals surface area contributed by atoms with Crippen LogP contribution in [0.4, 0.5) is 18.9 Å². The molecular weight excluding hydrogens is 333 g/mol. The molecule has 0 amide bonds. The van der Waals surface area contributed by atoms with E-state index in [0.717, 1.165) is 20.2 Å². The lowest BCUT2D eigenvalue weighted by molar-refractivity contribution is -0.388. The van der Waals surface area contributed by atoms with Gasteiger partial charge in [0.05, 0.1) is 12.0 Å². The van der Waals surface area contributed by atoms with E-state index in [9.17, 15) is 32.9 Å². The Labute approximate surface area is 134 Å². The van der Waals surface area contributed by atoms with Gasteiger partial charge in [-0.05, 0) is 6.92 Å². The standard InChI is InChI=1S/C14H13F3N2O5/c1-6-9(15)8(12(19(22)23)11(17)10(6)16)13(20)7(5-18(2)3)14(21)24-4/h5H,1-4H3/b7-5+. The molecule has 130 valence electrons. The summed E-state index contributed by atoms with van der Waals surface area (Å²) in [4.78, 5) is 34.9. The van der Waals surface area contributed by atoms with Gasteiger partial charge in [0, 0.05) is 25.9 Å². The molecule has 0 fully saturated rings. The molecule has 0 aromatic heterocycles. The molecule has 0 N–H and O–H groups in total. The van der Waals surface area contributed by atoms with Gasteiger partial charge >= 0.3 is 11.7 Å². The van der Waals surface area contributed by atoms with Crippen molar-refractivity contribution in [1.82, 2.24) is 4.90 Å². The third kappa shape index (κ3) is 3.36. The van der Waals surface area contributed by atoms with Gasteiger partial charge < -0.3 is 9.64 Å². The Hall–Kier alpha value is -2.91. The van der Waals surface area contributed by atoms with E-state index in [1.54, 1.807) is 0 Å². The molecule has 1 aromatic carbocycles. The lowest BCUT2D eigenvalue weighted by Gasteiger charge is -2.12. The molecule has 0 radical (unpaired) electrons. The molecule has 0 aliphatic rings. The first-order valence-electron chi connectivity index (χ1n) is 6.37. The fraction of sp³-hybridized carbons (Fsp3) is 0.286.